The Bertz CT molecular complexity index is 1250. The maximum absolute atomic E-state index is 13.2. The lowest BCUT2D eigenvalue weighted by Gasteiger charge is -2.22. The first kappa shape index (κ1) is 25.0. The van der Waals surface area contributed by atoms with Gasteiger partial charge in [-0.05, 0) is 48.0 Å². The smallest absolute Gasteiger partial charge is 0.325 e. The summed E-state index contributed by atoms with van der Waals surface area (Å²) in [6.07, 6.45) is -4.59. The average molecular weight is 517 g/mol. The molecule has 0 unspecified atom stereocenters. The number of benzene rings is 3. The van der Waals surface area contributed by atoms with Gasteiger partial charge in [-0.1, -0.05) is 53.5 Å². The van der Waals surface area contributed by atoms with E-state index in [1.807, 2.05) is 0 Å². The number of sulfonamides is 1. The molecule has 0 spiro atoms. The minimum atomic E-state index is -4.59. The fraction of sp³-hybridized carbons (Fsp3) is 0.136. The van der Waals surface area contributed by atoms with Crippen molar-refractivity contribution < 1.29 is 26.4 Å². The molecule has 0 saturated carbocycles. The minimum Gasteiger partial charge on any atom is -0.325 e. The highest BCUT2D eigenvalue weighted by molar-refractivity contribution is 7.89. The number of nitrogens with zero attached hydrogens (tertiary/aromatic N) is 1. The number of hydrogen-bond donors (Lipinski definition) is 1. The van der Waals surface area contributed by atoms with E-state index < -0.39 is 34.2 Å². The Morgan fingerprint density at radius 1 is 0.939 bits per heavy atom. The van der Waals surface area contributed by atoms with Crippen LogP contribution in [0.4, 0.5) is 18.9 Å². The Morgan fingerprint density at radius 3 is 2.27 bits per heavy atom. The average Bonchev–Trinajstić information content (AvgIpc) is 2.75. The molecular formula is C22H17Cl2F3N2O3S. The van der Waals surface area contributed by atoms with Gasteiger partial charge in [-0.2, -0.15) is 17.5 Å². The van der Waals surface area contributed by atoms with Gasteiger partial charge in [0, 0.05) is 22.3 Å². The SMILES string of the molecule is O=C(CN(Cc1ccc(Cl)cc1Cl)S(=O)(=O)c1ccccc1)Nc1cccc(C(F)(F)F)c1. The first-order valence-corrected chi connectivity index (χ1v) is 11.6. The van der Waals surface area contributed by atoms with Crippen LogP contribution in [0.3, 0.4) is 0 Å². The van der Waals surface area contributed by atoms with Crippen molar-refractivity contribution in [3.8, 4) is 0 Å². The number of rotatable bonds is 7. The number of alkyl halides is 3. The Hall–Kier alpha value is -2.59. The quantitative estimate of drug-likeness (QED) is 0.428. The van der Waals surface area contributed by atoms with Gasteiger partial charge < -0.3 is 5.32 Å². The van der Waals surface area contributed by atoms with Gasteiger partial charge in [-0.3, -0.25) is 4.79 Å². The molecule has 11 heteroatoms. The van der Waals surface area contributed by atoms with Gasteiger partial charge in [-0.15, -0.1) is 0 Å². The van der Waals surface area contributed by atoms with E-state index in [-0.39, 0.29) is 22.2 Å². The van der Waals surface area contributed by atoms with Crippen molar-refractivity contribution in [1.29, 1.82) is 0 Å². The molecule has 0 atom stereocenters. The molecule has 0 fully saturated rings. The predicted octanol–water partition coefficient (Wildman–Crippen LogP) is 5.84. The van der Waals surface area contributed by atoms with E-state index in [1.165, 1.54) is 48.5 Å². The van der Waals surface area contributed by atoms with Crippen LogP contribution in [0.2, 0.25) is 10.0 Å². The highest BCUT2D eigenvalue weighted by Gasteiger charge is 2.31. The van der Waals surface area contributed by atoms with Crippen LogP contribution in [0.5, 0.6) is 0 Å². The van der Waals surface area contributed by atoms with Crippen LogP contribution in [0.25, 0.3) is 0 Å². The van der Waals surface area contributed by atoms with Crippen LogP contribution < -0.4 is 5.32 Å². The van der Waals surface area contributed by atoms with Crippen LogP contribution in [0.15, 0.2) is 77.7 Å². The van der Waals surface area contributed by atoms with Gasteiger partial charge in [0.2, 0.25) is 15.9 Å². The number of nitrogens with one attached hydrogen (secondary N) is 1. The van der Waals surface area contributed by atoms with Crippen molar-refractivity contribution >= 4 is 44.8 Å². The van der Waals surface area contributed by atoms with E-state index in [0.717, 1.165) is 22.5 Å². The van der Waals surface area contributed by atoms with Crippen molar-refractivity contribution in [1.82, 2.24) is 4.31 Å². The summed E-state index contributed by atoms with van der Waals surface area (Å²) in [7, 11) is -4.14. The minimum absolute atomic E-state index is 0.0537. The standard InChI is InChI=1S/C22H17Cl2F3N2O3S/c23-17-10-9-15(20(24)12-17)13-29(33(31,32)19-7-2-1-3-8-19)14-21(30)28-18-6-4-5-16(11-18)22(25,26)27/h1-12H,13-14H2,(H,28,30). The molecular weight excluding hydrogens is 500 g/mol. The van der Waals surface area contributed by atoms with Gasteiger partial charge in [0.05, 0.1) is 17.0 Å². The third-order valence-electron chi connectivity index (χ3n) is 4.54. The number of halogens is 5. The summed E-state index contributed by atoms with van der Waals surface area (Å²) in [6.45, 7) is -0.921. The Morgan fingerprint density at radius 2 is 1.64 bits per heavy atom. The lowest BCUT2D eigenvalue weighted by molar-refractivity contribution is -0.137. The molecule has 5 nitrogen and oxygen atoms in total. The molecule has 3 rings (SSSR count). The van der Waals surface area contributed by atoms with Gasteiger partial charge >= 0.3 is 6.18 Å². The summed E-state index contributed by atoms with van der Waals surface area (Å²) >= 11 is 12.1. The largest absolute Gasteiger partial charge is 0.416 e. The van der Waals surface area contributed by atoms with Gasteiger partial charge in [0.15, 0.2) is 0 Å². The lowest BCUT2D eigenvalue weighted by atomic mass is 10.2. The Labute approximate surface area is 198 Å². The second kappa shape index (κ2) is 10.1. The normalized spacial score (nSPS) is 12.1. The molecule has 0 radical (unpaired) electrons. The van der Waals surface area contributed by atoms with Crippen molar-refractivity contribution in [3.63, 3.8) is 0 Å². The number of carbonyl (C=O) groups excluding carboxylic acids is 1. The summed E-state index contributed by atoms with van der Waals surface area (Å²) in [5.41, 5.74) is -0.661. The fourth-order valence-corrected chi connectivity index (χ4v) is 4.80. The summed E-state index contributed by atoms with van der Waals surface area (Å²) in [4.78, 5) is 12.6. The Balaban J connectivity index is 1.89. The first-order valence-electron chi connectivity index (χ1n) is 9.43. The number of carbonyl (C=O) groups is 1. The van der Waals surface area contributed by atoms with E-state index in [9.17, 15) is 26.4 Å². The molecule has 0 heterocycles. The number of amides is 1. The summed E-state index contributed by atoms with van der Waals surface area (Å²) in [5.74, 6) is -0.820. The van der Waals surface area contributed by atoms with E-state index in [4.69, 9.17) is 23.2 Å². The summed E-state index contributed by atoms with van der Waals surface area (Å²) in [6, 6.07) is 16.0. The third kappa shape index (κ3) is 6.48. The van der Waals surface area contributed by atoms with Crippen LogP contribution in [-0.4, -0.2) is 25.2 Å². The van der Waals surface area contributed by atoms with Crippen LogP contribution >= 0.6 is 23.2 Å². The molecule has 0 bridgehead atoms. The van der Waals surface area contributed by atoms with Crippen LogP contribution in [-0.2, 0) is 27.5 Å². The zero-order chi connectivity index (χ0) is 24.2. The van der Waals surface area contributed by atoms with Gasteiger partial charge in [0.1, 0.15) is 0 Å². The molecule has 174 valence electrons. The highest BCUT2D eigenvalue weighted by Crippen LogP contribution is 2.31. The molecule has 3 aromatic carbocycles. The van der Waals surface area contributed by atoms with Crippen LogP contribution in [0.1, 0.15) is 11.1 Å². The number of anilines is 1. The fourth-order valence-electron chi connectivity index (χ4n) is 2.94. The highest BCUT2D eigenvalue weighted by atomic mass is 35.5. The van der Waals surface area contributed by atoms with Crippen molar-refractivity contribution in [2.45, 2.75) is 17.6 Å². The van der Waals surface area contributed by atoms with Crippen LogP contribution in [0, 0.1) is 0 Å². The molecule has 33 heavy (non-hydrogen) atoms. The molecule has 1 amide bonds. The maximum Gasteiger partial charge on any atom is 0.416 e. The second-order valence-electron chi connectivity index (χ2n) is 6.95. The third-order valence-corrected chi connectivity index (χ3v) is 6.93. The zero-order valence-corrected chi connectivity index (χ0v) is 19.1. The maximum atomic E-state index is 13.2. The predicted molar refractivity (Wildman–Crippen MR) is 121 cm³/mol. The van der Waals surface area contributed by atoms with E-state index in [1.54, 1.807) is 6.07 Å². The van der Waals surface area contributed by atoms with E-state index in [0.29, 0.717) is 10.6 Å². The number of hydrogen-bond acceptors (Lipinski definition) is 3. The van der Waals surface area contributed by atoms with Crippen molar-refractivity contribution in [2.75, 3.05) is 11.9 Å². The van der Waals surface area contributed by atoms with E-state index in [2.05, 4.69) is 5.32 Å². The molecule has 0 aliphatic carbocycles. The Kier molecular flexibility index (Phi) is 7.69. The molecule has 0 aliphatic rings. The molecule has 0 saturated heterocycles. The molecule has 0 aliphatic heterocycles. The lowest BCUT2D eigenvalue weighted by Crippen LogP contribution is -2.37. The van der Waals surface area contributed by atoms with Gasteiger partial charge in [-0.25, -0.2) is 8.42 Å². The second-order valence-corrected chi connectivity index (χ2v) is 9.73. The monoisotopic (exact) mass is 516 g/mol. The molecule has 3 aromatic rings. The van der Waals surface area contributed by atoms with E-state index >= 15 is 0 Å². The zero-order valence-electron chi connectivity index (χ0n) is 16.8. The summed E-state index contributed by atoms with van der Waals surface area (Å²) in [5, 5.41) is 2.87. The first-order chi connectivity index (χ1) is 15.5. The van der Waals surface area contributed by atoms with Crippen molar-refractivity contribution in [2.24, 2.45) is 0 Å². The van der Waals surface area contributed by atoms with Crippen molar-refractivity contribution in [3.05, 3.63) is 94.0 Å². The molecule has 1 N–H and O–H groups in total. The molecule has 0 aromatic heterocycles. The van der Waals surface area contributed by atoms with Gasteiger partial charge in [0.25, 0.3) is 0 Å². The summed E-state index contributed by atoms with van der Waals surface area (Å²) < 4.78 is 66.2. The topological polar surface area (TPSA) is 66.5 Å².